The van der Waals surface area contributed by atoms with E-state index in [4.69, 9.17) is 15.6 Å². The molecule has 0 spiro atoms. The van der Waals surface area contributed by atoms with Gasteiger partial charge < -0.3 is 25.3 Å². The fourth-order valence-electron chi connectivity index (χ4n) is 2.22. The minimum absolute atomic E-state index is 0.226. The molecular weight excluding hydrogens is 238 g/mol. The van der Waals surface area contributed by atoms with Crippen LogP contribution >= 0.6 is 0 Å². The molecule has 0 radical (unpaired) electrons. The van der Waals surface area contributed by atoms with Crippen molar-refractivity contribution in [2.45, 2.75) is 18.2 Å². The fraction of sp³-hybridized carbons (Fsp3) is 0.500. The number of aromatic nitrogens is 4. The first kappa shape index (κ1) is 11.3. The van der Waals surface area contributed by atoms with Gasteiger partial charge in [-0.3, -0.25) is 0 Å². The van der Waals surface area contributed by atoms with E-state index in [1.165, 1.54) is 6.33 Å². The predicted molar refractivity (Wildman–Crippen MR) is 61.6 cm³/mol. The van der Waals surface area contributed by atoms with Gasteiger partial charge in [-0.05, 0) is 0 Å². The molecule has 0 bridgehead atoms. The van der Waals surface area contributed by atoms with Crippen LogP contribution in [0.2, 0.25) is 0 Å². The molecule has 3 rings (SSSR count). The van der Waals surface area contributed by atoms with E-state index in [0.717, 1.165) is 0 Å². The van der Waals surface area contributed by atoms with E-state index < -0.39 is 12.2 Å². The van der Waals surface area contributed by atoms with Crippen molar-refractivity contribution in [3.05, 3.63) is 12.7 Å². The third kappa shape index (κ3) is 1.54. The minimum atomic E-state index is -0.813. The highest BCUT2D eigenvalue weighted by Gasteiger charge is 2.37. The van der Waals surface area contributed by atoms with Crippen molar-refractivity contribution in [3.8, 4) is 0 Å². The second-order valence-corrected chi connectivity index (χ2v) is 4.20. The normalized spacial score (nSPS) is 28.0. The summed E-state index contributed by atoms with van der Waals surface area (Å²) in [4.78, 5) is 12.0. The molecule has 3 atom stereocenters. The quantitative estimate of drug-likeness (QED) is 0.607. The Morgan fingerprint density at radius 3 is 3.00 bits per heavy atom. The zero-order valence-electron chi connectivity index (χ0n) is 9.47. The molecule has 0 amide bonds. The third-order valence-corrected chi connectivity index (χ3v) is 3.19. The van der Waals surface area contributed by atoms with Gasteiger partial charge in [-0.1, -0.05) is 0 Å². The molecule has 1 fully saturated rings. The number of aliphatic hydroxyl groups is 2. The molecule has 0 saturated carbocycles. The average molecular weight is 251 g/mol. The molecule has 1 saturated heterocycles. The van der Waals surface area contributed by atoms with Crippen molar-refractivity contribution in [2.24, 2.45) is 0 Å². The molecule has 2 aromatic rings. The first-order valence-electron chi connectivity index (χ1n) is 5.56. The van der Waals surface area contributed by atoms with Crippen LogP contribution < -0.4 is 5.73 Å². The lowest BCUT2D eigenvalue weighted by molar-refractivity contribution is 0.00208. The molecule has 1 aliphatic heterocycles. The number of ether oxygens (including phenoxy) is 1. The molecule has 8 heteroatoms. The van der Waals surface area contributed by atoms with Crippen molar-refractivity contribution >= 4 is 17.0 Å². The monoisotopic (exact) mass is 251 g/mol. The van der Waals surface area contributed by atoms with Crippen molar-refractivity contribution < 1.29 is 14.9 Å². The summed E-state index contributed by atoms with van der Waals surface area (Å²) in [7, 11) is 0. The first-order valence-corrected chi connectivity index (χ1v) is 5.56. The van der Waals surface area contributed by atoms with Gasteiger partial charge in [-0.25, -0.2) is 15.0 Å². The second kappa shape index (κ2) is 4.16. The molecule has 96 valence electrons. The van der Waals surface area contributed by atoms with Crippen LogP contribution in [0.3, 0.4) is 0 Å². The van der Waals surface area contributed by atoms with E-state index in [9.17, 15) is 5.11 Å². The number of nitrogens with zero attached hydrogens (tertiary/aromatic N) is 4. The number of hydrogen-bond donors (Lipinski definition) is 3. The number of fused-ring (bicyclic) bond motifs is 1. The summed E-state index contributed by atoms with van der Waals surface area (Å²) in [6.07, 6.45) is 1.49. The van der Waals surface area contributed by atoms with E-state index in [-0.39, 0.29) is 19.3 Å². The Hall–Kier alpha value is -1.77. The molecule has 18 heavy (non-hydrogen) atoms. The smallest absolute Gasteiger partial charge is 0.182 e. The largest absolute Gasteiger partial charge is 0.394 e. The number of nitrogens with two attached hydrogens (primary N) is 1. The van der Waals surface area contributed by atoms with Crippen LogP contribution in [0.1, 0.15) is 6.04 Å². The zero-order chi connectivity index (χ0) is 12.7. The summed E-state index contributed by atoms with van der Waals surface area (Å²) in [5.41, 5.74) is 6.85. The fourth-order valence-corrected chi connectivity index (χ4v) is 2.22. The molecule has 8 nitrogen and oxygen atoms in total. The Morgan fingerprint density at radius 2 is 2.28 bits per heavy atom. The van der Waals surface area contributed by atoms with Gasteiger partial charge in [0.15, 0.2) is 11.5 Å². The third-order valence-electron chi connectivity index (χ3n) is 3.19. The number of rotatable bonds is 2. The van der Waals surface area contributed by atoms with E-state index in [1.54, 1.807) is 10.9 Å². The summed E-state index contributed by atoms with van der Waals surface area (Å²) in [6, 6.07) is -0.347. The predicted octanol–water partition coefficient (Wildman–Crippen LogP) is -1.30. The molecule has 2 aromatic heterocycles. The van der Waals surface area contributed by atoms with Crippen LogP contribution in [-0.2, 0) is 4.74 Å². The Labute approximate surface area is 102 Å². The lowest BCUT2D eigenvalue weighted by Crippen LogP contribution is -2.30. The van der Waals surface area contributed by atoms with Crippen LogP contribution in [0.4, 0.5) is 5.82 Å². The Morgan fingerprint density at radius 1 is 1.44 bits per heavy atom. The maximum atomic E-state index is 10.1. The van der Waals surface area contributed by atoms with Gasteiger partial charge in [0.2, 0.25) is 0 Å². The highest BCUT2D eigenvalue weighted by molar-refractivity contribution is 5.81. The molecule has 3 heterocycles. The van der Waals surface area contributed by atoms with Crippen LogP contribution in [0.5, 0.6) is 0 Å². The lowest BCUT2D eigenvalue weighted by Gasteiger charge is -2.17. The molecule has 4 N–H and O–H groups in total. The average Bonchev–Trinajstić information content (AvgIpc) is 2.93. The van der Waals surface area contributed by atoms with Gasteiger partial charge in [0.25, 0.3) is 0 Å². The number of nitrogen functional groups attached to an aromatic ring is 1. The molecule has 0 unspecified atom stereocenters. The van der Waals surface area contributed by atoms with E-state index in [1.807, 2.05) is 0 Å². The summed E-state index contributed by atoms with van der Waals surface area (Å²) >= 11 is 0. The van der Waals surface area contributed by atoms with Crippen LogP contribution in [0.15, 0.2) is 12.7 Å². The summed E-state index contributed by atoms with van der Waals surface area (Å²) in [5, 5.41) is 19.1. The van der Waals surface area contributed by atoms with Gasteiger partial charge in [-0.2, -0.15) is 0 Å². The van der Waals surface area contributed by atoms with Gasteiger partial charge in [-0.15, -0.1) is 0 Å². The maximum absolute atomic E-state index is 10.1. The van der Waals surface area contributed by atoms with E-state index in [2.05, 4.69) is 15.0 Å². The van der Waals surface area contributed by atoms with Crippen LogP contribution in [0, 0.1) is 0 Å². The first-order chi connectivity index (χ1) is 8.72. The number of aliphatic hydroxyl groups excluding tert-OH is 2. The minimum Gasteiger partial charge on any atom is -0.394 e. The van der Waals surface area contributed by atoms with E-state index in [0.29, 0.717) is 17.0 Å². The Bertz CT molecular complexity index is 572. The number of imidazole rings is 1. The number of hydrogen-bond acceptors (Lipinski definition) is 7. The highest BCUT2D eigenvalue weighted by Crippen LogP contribution is 2.29. The van der Waals surface area contributed by atoms with Crippen LogP contribution in [0.25, 0.3) is 11.2 Å². The topological polar surface area (TPSA) is 119 Å². The maximum Gasteiger partial charge on any atom is 0.182 e. The molecule has 1 aliphatic rings. The second-order valence-electron chi connectivity index (χ2n) is 4.20. The van der Waals surface area contributed by atoms with Crippen LogP contribution in [-0.4, -0.2) is 55.2 Å². The zero-order valence-corrected chi connectivity index (χ0v) is 9.47. The van der Waals surface area contributed by atoms with Crippen molar-refractivity contribution in [3.63, 3.8) is 0 Å². The SMILES string of the molecule is Nc1ncnc2ncn([C@@H]3CO[C@H](CO)[C@H]3O)c12. The van der Waals surface area contributed by atoms with Crippen molar-refractivity contribution in [2.75, 3.05) is 18.9 Å². The summed E-state index contributed by atoms with van der Waals surface area (Å²) < 4.78 is 7.01. The highest BCUT2D eigenvalue weighted by atomic mass is 16.5. The Kier molecular flexibility index (Phi) is 2.62. The van der Waals surface area contributed by atoms with Gasteiger partial charge >= 0.3 is 0 Å². The van der Waals surface area contributed by atoms with E-state index >= 15 is 0 Å². The summed E-state index contributed by atoms with van der Waals surface area (Å²) in [6.45, 7) is 0.0580. The standard InChI is InChI=1S/C10H13N5O3/c11-9-7-10(13-3-12-9)14-4-15(7)5-2-18-6(1-16)8(5)17/h3-6,8,16-17H,1-2H2,(H2,11,12,13)/t5-,6-,8+/m1/s1. The number of anilines is 1. The molecule has 0 aromatic carbocycles. The lowest BCUT2D eigenvalue weighted by atomic mass is 10.1. The summed E-state index contributed by atoms with van der Waals surface area (Å²) in [5.74, 6) is 0.303. The van der Waals surface area contributed by atoms with Gasteiger partial charge in [0, 0.05) is 0 Å². The molecular formula is C10H13N5O3. The molecule has 0 aliphatic carbocycles. The van der Waals surface area contributed by atoms with Gasteiger partial charge in [0.05, 0.1) is 25.6 Å². The van der Waals surface area contributed by atoms with Crippen molar-refractivity contribution in [1.29, 1.82) is 0 Å². The Balaban J connectivity index is 2.05. The van der Waals surface area contributed by atoms with Crippen molar-refractivity contribution in [1.82, 2.24) is 19.5 Å². The van der Waals surface area contributed by atoms with Gasteiger partial charge in [0.1, 0.15) is 24.1 Å².